The molecule has 0 spiro atoms. The third-order valence-electron chi connectivity index (χ3n) is 2.63. The third-order valence-corrected chi connectivity index (χ3v) is 2.63. The van der Waals surface area contributed by atoms with Crippen molar-refractivity contribution < 1.29 is 0 Å². The third kappa shape index (κ3) is 1.56. The summed E-state index contributed by atoms with van der Waals surface area (Å²) in [5.41, 5.74) is 2.21. The van der Waals surface area contributed by atoms with Crippen molar-refractivity contribution in [3.8, 4) is 0 Å². The molecule has 3 nitrogen and oxygen atoms in total. The van der Waals surface area contributed by atoms with Gasteiger partial charge in [-0.2, -0.15) is 0 Å². The minimum absolute atomic E-state index is 0.765. The van der Waals surface area contributed by atoms with Crippen LogP contribution in [0, 0.1) is 0 Å². The maximum atomic E-state index is 4.28. The summed E-state index contributed by atoms with van der Waals surface area (Å²) in [4.78, 5) is 8.35. The standard InChI is InChI=1S/C13H11N3/c1-2-4-13-11(3-1)5-8-16(13)10-12-9-14-6-7-15-12/h1-9H,10H2. The molecule has 2 heterocycles. The second kappa shape index (κ2) is 3.77. The lowest BCUT2D eigenvalue weighted by molar-refractivity contribution is 0.800. The van der Waals surface area contributed by atoms with Gasteiger partial charge in [0.05, 0.1) is 18.4 Å². The second-order valence-electron chi connectivity index (χ2n) is 3.70. The number of para-hydroxylation sites is 1. The van der Waals surface area contributed by atoms with Gasteiger partial charge in [0, 0.05) is 24.1 Å². The van der Waals surface area contributed by atoms with E-state index < -0.39 is 0 Å². The first-order valence-electron chi connectivity index (χ1n) is 5.22. The minimum atomic E-state index is 0.765. The average Bonchev–Trinajstić information content (AvgIpc) is 2.74. The van der Waals surface area contributed by atoms with Crippen LogP contribution in [0.3, 0.4) is 0 Å². The summed E-state index contributed by atoms with van der Waals surface area (Å²) in [7, 11) is 0. The van der Waals surface area contributed by atoms with Crippen molar-refractivity contribution in [3.63, 3.8) is 0 Å². The van der Waals surface area contributed by atoms with Crippen LogP contribution in [-0.2, 0) is 6.54 Å². The Morgan fingerprint density at radius 2 is 2.00 bits per heavy atom. The molecule has 0 unspecified atom stereocenters. The van der Waals surface area contributed by atoms with Gasteiger partial charge in [0.1, 0.15) is 0 Å². The van der Waals surface area contributed by atoms with E-state index in [0.29, 0.717) is 0 Å². The van der Waals surface area contributed by atoms with Crippen LogP contribution in [-0.4, -0.2) is 14.5 Å². The Balaban J connectivity index is 2.01. The zero-order valence-corrected chi connectivity index (χ0v) is 8.74. The Hall–Kier alpha value is -2.16. The van der Waals surface area contributed by atoms with Crippen molar-refractivity contribution in [2.75, 3.05) is 0 Å². The summed E-state index contributed by atoms with van der Waals surface area (Å²) in [6, 6.07) is 10.4. The molecule has 16 heavy (non-hydrogen) atoms. The number of aromatic nitrogens is 3. The molecule has 0 aliphatic rings. The van der Waals surface area contributed by atoms with Gasteiger partial charge in [-0.3, -0.25) is 9.97 Å². The van der Waals surface area contributed by atoms with Crippen LogP contribution in [0.1, 0.15) is 5.69 Å². The lowest BCUT2D eigenvalue weighted by atomic mass is 10.2. The fourth-order valence-electron chi connectivity index (χ4n) is 1.86. The number of nitrogens with zero attached hydrogens (tertiary/aromatic N) is 3. The maximum absolute atomic E-state index is 4.28. The van der Waals surface area contributed by atoms with Gasteiger partial charge >= 0.3 is 0 Å². The second-order valence-corrected chi connectivity index (χ2v) is 3.70. The molecule has 0 aliphatic heterocycles. The molecule has 0 fully saturated rings. The molecule has 0 saturated heterocycles. The molecule has 78 valence electrons. The Kier molecular flexibility index (Phi) is 2.14. The zero-order chi connectivity index (χ0) is 10.8. The van der Waals surface area contributed by atoms with Crippen LogP contribution < -0.4 is 0 Å². The number of fused-ring (bicyclic) bond motifs is 1. The first-order chi connectivity index (χ1) is 7.93. The SMILES string of the molecule is c1ccc2c(c1)ccn2Cc1cnccn1. The molecule has 3 rings (SSSR count). The predicted octanol–water partition coefficient (Wildman–Crippen LogP) is 2.48. The highest BCUT2D eigenvalue weighted by atomic mass is 15.0. The first-order valence-corrected chi connectivity index (χ1v) is 5.22. The summed E-state index contributed by atoms with van der Waals surface area (Å²) in [6.07, 6.45) is 7.30. The molecule has 0 radical (unpaired) electrons. The van der Waals surface area contributed by atoms with E-state index in [-0.39, 0.29) is 0 Å². The molecule has 0 aliphatic carbocycles. The highest BCUT2D eigenvalue weighted by Crippen LogP contribution is 2.15. The normalized spacial score (nSPS) is 10.8. The van der Waals surface area contributed by atoms with E-state index in [9.17, 15) is 0 Å². The number of hydrogen-bond acceptors (Lipinski definition) is 2. The number of benzene rings is 1. The summed E-state index contributed by atoms with van der Waals surface area (Å²) < 4.78 is 2.18. The monoisotopic (exact) mass is 209 g/mol. The van der Waals surface area contributed by atoms with Gasteiger partial charge < -0.3 is 4.57 Å². The van der Waals surface area contributed by atoms with Crippen molar-refractivity contribution in [3.05, 3.63) is 60.8 Å². The Morgan fingerprint density at radius 3 is 2.88 bits per heavy atom. The van der Waals surface area contributed by atoms with Gasteiger partial charge in [-0.05, 0) is 17.5 Å². The quantitative estimate of drug-likeness (QED) is 0.649. The molecule has 0 amide bonds. The van der Waals surface area contributed by atoms with Gasteiger partial charge in [-0.15, -0.1) is 0 Å². The van der Waals surface area contributed by atoms with E-state index in [4.69, 9.17) is 0 Å². The van der Waals surface area contributed by atoms with E-state index in [0.717, 1.165) is 12.2 Å². The van der Waals surface area contributed by atoms with Gasteiger partial charge in [-0.1, -0.05) is 18.2 Å². The number of hydrogen-bond donors (Lipinski definition) is 0. The van der Waals surface area contributed by atoms with Crippen LogP contribution in [0.15, 0.2) is 55.1 Å². The molecular formula is C13H11N3. The molecule has 0 atom stereocenters. The Bertz CT molecular complexity index is 599. The van der Waals surface area contributed by atoms with Crippen molar-refractivity contribution in [1.29, 1.82) is 0 Å². The van der Waals surface area contributed by atoms with Crippen LogP contribution in [0.4, 0.5) is 0 Å². The fourth-order valence-corrected chi connectivity index (χ4v) is 1.86. The molecule has 3 aromatic rings. The Labute approximate surface area is 93.4 Å². The van der Waals surface area contributed by atoms with Gasteiger partial charge in [0.2, 0.25) is 0 Å². The first kappa shape index (κ1) is 9.09. The molecule has 0 saturated carbocycles. The summed E-state index contributed by atoms with van der Waals surface area (Å²) in [5, 5.41) is 1.26. The highest BCUT2D eigenvalue weighted by Gasteiger charge is 2.01. The van der Waals surface area contributed by atoms with E-state index in [1.807, 2.05) is 0 Å². The van der Waals surface area contributed by atoms with Crippen molar-refractivity contribution in [1.82, 2.24) is 14.5 Å². The average molecular weight is 209 g/mol. The van der Waals surface area contributed by atoms with E-state index in [1.165, 1.54) is 10.9 Å². The molecule has 0 N–H and O–H groups in total. The molecule has 2 aromatic heterocycles. The highest BCUT2D eigenvalue weighted by molar-refractivity contribution is 5.79. The zero-order valence-electron chi connectivity index (χ0n) is 8.74. The van der Waals surface area contributed by atoms with Gasteiger partial charge in [-0.25, -0.2) is 0 Å². The van der Waals surface area contributed by atoms with Gasteiger partial charge in [0.25, 0.3) is 0 Å². The smallest absolute Gasteiger partial charge is 0.0783 e. The summed E-state index contributed by atoms with van der Waals surface area (Å²) >= 11 is 0. The van der Waals surface area contributed by atoms with E-state index >= 15 is 0 Å². The predicted molar refractivity (Wildman–Crippen MR) is 63.1 cm³/mol. The molecule has 3 heteroatoms. The van der Waals surface area contributed by atoms with E-state index in [2.05, 4.69) is 51.1 Å². The summed E-state index contributed by atoms with van der Waals surface area (Å²) in [5.74, 6) is 0. The topological polar surface area (TPSA) is 30.7 Å². The van der Waals surface area contributed by atoms with Crippen molar-refractivity contribution in [2.24, 2.45) is 0 Å². The molecular weight excluding hydrogens is 198 g/mol. The largest absolute Gasteiger partial charge is 0.341 e. The van der Waals surface area contributed by atoms with Crippen LogP contribution in [0.25, 0.3) is 10.9 Å². The molecule has 1 aromatic carbocycles. The van der Waals surface area contributed by atoms with Crippen molar-refractivity contribution >= 4 is 10.9 Å². The van der Waals surface area contributed by atoms with Crippen LogP contribution >= 0.6 is 0 Å². The lowest BCUT2D eigenvalue weighted by Crippen LogP contribution is -2.00. The minimum Gasteiger partial charge on any atom is -0.341 e. The van der Waals surface area contributed by atoms with Gasteiger partial charge in [0.15, 0.2) is 0 Å². The van der Waals surface area contributed by atoms with Crippen molar-refractivity contribution in [2.45, 2.75) is 6.54 Å². The Morgan fingerprint density at radius 1 is 1.06 bits per heavy atom. The van der Waals surface area contributed by atoms with Crippen LogP contribution in [0.2, 0.25) is 0 Å². The lowest BCUT2D eigenvalue weighted by Gasteiger charge is -2.03. The molecule has 0 bridgehead atoms. The fraction of sp³-hybridized carbons (Fsp3) is 0.0769. The maximum Gasteiger partial charge on any atom is 0.0783 e. The van der Waals surface area contributed by atoms with Crippen LogP contribution in [0.5, 0.6) is 0 Å². The number of rotatable bonds is 2. The summed E-state index contributed by atoms with van der Waals surface area (Å²) in [6.45, 7) is 0.765. The van der Waals surface area contributed by atoms with E-state index in [1.54, 1.807) is 18.6 Å².